The molecule has 0 aromatic carbocycles. The number of amides is 3. The summed E-state index contributed by atoms with van der Waals surface area (Å²) in [5.74, 6) is 0.382. The van der Waals surface area contributed by atoms with Gasteiger partial charge in [0.05, 0.1) is 6.54 Å². The molecule has 4 N–H and O–H groups in total. The second-order valence-corrected chi connectivity index (χ2v) is 4.44. The molecule has 1 saturated heterocycles. The van der Waals surface area contributed by atoms with E-state index >= 15 is 0 Å². The maximum atomic E-state index is 11.3. The zero-order chi connectivity index (χ0) is 12.7. The zero-order valence-corrected chi connectivity index (χ0v) is 10.4. The van der Waals surface area contributed by atoms with E-state index in [2.05, 4.69) is 22.5 Å². The second-order valence-electron chi connectivity index (χ2n) is 4.44. The maximum absolute atomic E-state index is 11.3. The van der Waals surface area contributed by atoms with Gasteiger partial charge in [0.15, 0.2) is 0 Å². The van der Waals surface area contributed by atoms with Gasteiger partial charge < -0.3 is 11.1 Å². The fraction of sp³-hybridized carbons (Fsp3) is 0.818. The van der Waals surface area contributed by atoms with Crippen molar-refractivity contribution in [1.29, 1.82) is 0 Å². The molecule has 0 aromatic rings. The monoisotopic (exact) mass is 242 g/mol. The van der Waals surface area contributed by atoms with E-state index in [9.17, 15) is 9.59 Å². The Balaban J connectivity index is 2.18. The van der Waals surface area contributed by atoms with Crippen molar-refractivity contribution >= 4 is 11.9 Å². The van der Waals surface area contributed by atoms with E-state index in [4.69, 9.17) is 5.73 Å². The average Bonchev–Trinajstić information content (AvgIpc) is 2.27. The SMILES string of the molecule is CCNCC1CCN(CC(=O)NC(N)=O)CC1. The minimum absolute atomic E-state index is 0.261. The number of hydrogen-bond donors (Lipinski definition) is 3. The lowest BCUT2D eigenvalue weighted by Crippen LogP contribution is -2.45. The smallest absolute Gasteiger partial charge is 0.318 e. The van der Waals surface area contributed by atoms with E-state index in [-0.39, 0.29) is 12.5 Å². The van der Waals surface area contributed by atoms with Crippen molar-refractivity contribution in [3.8, 4) is 0 Å². The molecule has 0 saturated carbocycles. The van der Waals surface area contributed by atoms with Crippen LogP contribution in [0.3, 0.4) is 0 Å². The standard InChI is InChI=1S/C11H22N4O2/c1-2-13-7-9-3-5-15(6-4-9)8-10(16)14-11(12)17/h9,13H,2-8H2,1H3,(H3,12,14,16,17). The molecule has 3 amide bonds. The Morgan fingerprint density at radius 2 is 2.00 bits per heavy atom. The largest absolute Gasteiger partial charge is 0.351 e. The Bertz CT molecular complexity index is 262. The molecule has 0 unspecified atom stereocenters. The van der Waals surface area contributed by atoms with E-state index in [1.807, 2.05) is 0 Å². The molecule has 0 atom stereocenters. The first-order valence-corrected chi connectivity index (χ1v) is 6.14. The minimum atomic E-state index is -0.781. The summed E-state index contributed by atoms with van der Waals surface area (Å²) in [6.07, 6.45) is 2.19. The number of nitrogens with two attached hydrogens (primary N) is 1. The number of primary amides is 1. The van der Waals surface area contributed by atoms with Crippen molar-refractivity contribution in [2.45, 2.75) is 19.8 Å². The van der Waals surface area contributed by atoms with Crippen molar-refractivity contribution in [3.63, 3.8) is 0 Å². The van der Waals surface area contributed by atoms with Crippen molar-refractivity contribution in [2.24, 2.45) is 11.7 Å². The molecule has 17 heavy (non-hydrogen) atoms. The summed E-state index contributed by atoms with van der Waals surface area (Å²) in [6, 6.07) is -0.781. The molecule has 0 spiro atoms. The highest BCUT2D eigenvalue weighted by atomic mass is 16.2. The number of urea groups is 1. The maximum Gasteiger partial charge on any atom is 0.318 e. The van der Waals surface area contributed by atoms with E-state index in [0.29, 0.717) is 5.92 Å². The van der Waals surface area contributed by atoms with Gasteiger partial charge in [0.2, 0.25) is 5.91 Å². The topological polar surface area (TPSA) is 87.5 Å². The van der Waals surface area contributed by atoms with Crippen molar-refractivity contribution in [2.75, 3.05) is 32.7 Å². The summed E-state index contributed by atoms with van der Waals surface area (Å²) in [5, 5.41) is 5.42. The van der Waals surface area contributed by atoms with Crippen LogP contribution in [0, 0.1) is 5.92 Å². The molecule has 0 aliphatic carbocycles. The Morgan fingerprint density at radius 3 is 2.53 bits per heavy atom. The first-order valence-electron chi connectivity index (χ1n) is 6.14. The summed E-state index contributed by atoms with van der Waals surface area (Å²) in [6.45, 7) is 6.23. The first-order chi connectivity index (χ1) is 8.11. The van der Waals surface area contributed by atoms with Crippen molar-refractivity contribution < 1.29 is 9.59 Å². The van der Waals surface area contributed by atoms with Crippen LogP contribution in [0.4, 0.5) is 4.79 Å². The number of imide groups is 1. The van der Waals surface area contributed by atoms with Gasteiger partial charge in [-0.3, -0.25) is 15.0 Å². The second kappa shape index (κ2) is 7.24. The van der Waals surface area contributed by atoms with E-state index in [0.717, 1.165) is 39.0 Å². The van der Waals surface area contributed by atoms with Gasteiger partial charge >= 0.3 is 6.03 Å². The van der Waals surface area contributed by atoms with Crippen LogP contribution < -0.4 is 16.4 Å². The van der Waals surface area contributed by atoms with Gasteiger partial charge in [-0.05, 0) is 44.9 Å². The predicted octanol–water partition coefficient (Wildman–Crippen LogP) is -0.497. The van der Waals surface area contributed by atoms with Crippen LogP contribution >= 0.6 is 0 Å². The molecule has 1 rings (SSSR count). The lowest BCUT2D eigenvalue weighted by molar-refractivity contribution is -0.121. The Hall–Kier alpha value is -1.14. The van der Waals surface area contributed by atoms with Gasteiger partial charge in [-0.2, -0.15) is 0 Å². The molecule has 1 aliphatic rings. The van der Waals surface area contributed by atoms with Gasteiger partial charge in [-0.1, -0.05) is 6.92 Å². The van der Waals surface area contributed by atoms with Crippen LogP contribution in [0.25, 0.3) is 0 Å². The summed E-state index contributed by atoms with van der Waals surface area (Å²) in [4.78, 5) is 23.9. The minimum Gasteiger partial charge on any atom is -0.351 e. The summed E-state index contributed by atoms with van der Waals surface area (Å²) in [5.41, 5.74) is 4.88. The number of carbonyl (C=O) groups is 2. The number of nitrogens with zero attached hydrogens (tertiary/aromatic N) is 1. The van der Waals surface area contributed by atoms with Crippen LogP contribution in [-0.2, 0) is 4.79 Å². The summed E-state index contributed by atoms with van der Waals surface area (Å²) < 4.78 is 0. The molecule has 1 aliphatic heterocycles. The molecule has 0 aromatic heterocycles. The van der Waals surface area contributed by atoms with Crippen LogP contribution in [0.2, 0.25) is 0 Å². The van der Waals surface area contributed by atoms with Gasteiger partial charge in [-0.25, -0.2) is 4.79 Å². The third kappa shape index (κ3) is 5.65. The number of hydrogen-bond acceptors (Lipinski definition) is 4. The average molecular weight is 242 g/mol. The van der Waals surface area contributed by atoms with E-state index in [1.54, 1.807) is 0 Å². The molecular weight excluding hydrogens is 220 g/mol. The highest BCUT2D eigenvalue weighted by Gasteiger charge is 2.20. The predicted molar refractivity (Wildman–Crippen MR) is 65.4 cm³/mol. The number of likely N-dealkylation sites (tertiary alicyclic amines) is 1. The third-order valence-corrected chi connectivity index (χ3v) is 3.02. The van der Waals surface area contributed by atoms with Crippen LogP contribution in [0.5, 0.6) is 0 Å². The lowest BCUT2D eigenvalue weighted by atomic mass is 9.97. The molecule has 6 nitrogen and oxygen atoms in total. The van der Waals surface area contributed by atoms with Gasteiger partial charge in [-0.15, -0.1) is 0 Å². The van der Waals surface area contributed by atoms with E-state index < -0.39 is 6.03 Å². The Morgan fingerprint density at radius 1 is 1.35 bits per heavy atom. The summed E-state index contributed by atoms with van der Waals surface area (Å²) in [7, 11) is 0. The fourth-order valence-electron chi connectivity index (χ4n) is 2.08. The van der Waals surface area contributed by atoms with Crippen molar-refractivity contribution in [1.82, 2.24) is 15.5 Å². The molecule has 0 radical (unpaired) electrons. The van der Waals surface area contributed by atoms with Crippen LogP contribution in [-0.4, -0.2) is 49.6 Å². The Labute approximate surface area is 102 Å². The van der Waals surface area contributed by atoms with Crippen molar-refractivity contribution in [3.05, 3.63) is 0 Å². The molecule has 1 heterocycles. The number of rotatable bonds is 5. The number of piperidine rings is 1. The van der Waals surface area contributed by atoms with Gasteiger partial charge in [0.1, 0.15) is 0 Å². The number of nitrogens with one attached hydrogen (secondary N) is 2. The van der Waals surface area contributed by atoms with E-state index in [1.165, 1.54) is 0 Å². The molecule has 98 valence electrons. The van der Waals surface area contributed by atoms with Crippen LogP contribution in [0.1, 0.15) is 19.8 Å². The molecule has 0 bridgehead atoms. The van der Waals surface area contributed by atoms with Gasteiger partial charge in [0.25, 0.3) is 0 Å². The zero-order valence-electron chi connectivity index (χ0n) is 10.4. The first kappa shape index (κ1) is 13.9. The Kier molecular flexibility index (Phi) is 5.93. The summed E-state index contributed by atoms with van der Waals surface area (Å²) >= 11 is 0. The fourth-order valence-corrected chi connectivity index (χ4v) is 2.08. The highest BCUT2D eigenvalue weighted by molar-refractivity contribution is 5.94. The highest BCUT2D eigenvalue weighted by Crippen LogP contribution is 2.15. The normalized spacial score (nSPS) is 17.9. The number of carbonyl (C=O) groups excluding carboxylic acids is 2. The molecule has 1 fully saturated rings. The quantitative estimate of drug-likeness (QED) is 0.606. The molecule has 6 heteroatoms. The lowest BCUT2D eigenvalue weighted by Gasteiger charge is -2.31. The van der Waals surface area contributed by atoms with Crippen LogP contribution in [0.15, 0.2) is 0 Å². The van der Waals surface area contributed by atoms with Gasteiger partial charge in [0, 0.05) is 0 Å². The third-order valence-electron chi connectivity index (χ3n) is 3.02. The molecular formula is C11H22N4O2.